The number of ether oxygens (including phenoxy) is 3. The molecule has 0 unspecified atom stereocenters. The smallest absolute Gasteiger partial charge is 0.338 e. The van der Waals surface area contributed by atoms with Crippen LogP contribution in [0.15, 0.2) is 72.8 Å². The molecule has 0 bridgehead atoms. The fourth-order valence-corrected chi connectivity index (χ4v) is 3.04. The minimum Gasteiger partial charge on any atom is -0.454 e. The van der Waals surface area contributed by atoms with Crippen LogP contribution in [0.2, 0.25) is 0 Å². The molecule has 29 heavy (non-hydrogen) atoms. The Hall–Kier alpha value is -3.80. The Kier molecular flexibility index (Phi) is 5.42. The van der Waals surface area contributed by atoms with Gasteiger partial charge in [-0.3, -0.25) is 4.79 Å². The number of carbonyl (C=O) groups is 2. The third kappa shape index (κ3) is 4.55. The number of para-hydroxylation sites is 1. The monoisotopic (exact) mass is 389 g/mol. The molecule has 0 aliphatic carbocycles. The van der Waals surface area contributed by atoms with Crippen LogP contribution < -0.4 is 14.8 Å². The summed E-state index contributed by atoms with van der Waals surface area (Å²) < 4.78 is 15.6. The van der Waals surface area contributed by atoms with Gasteiger partial charge in [-0.25, -0.2) is 4.79 Å². The normalized spacial score (nSPS) is 11.7. The zero-order valence-corrected chi connectivity index (χ0v) is 15.6. The van der Waals surface area contributed by atoms with Gasteiger partial charge in [0.15, 0.2) is 18.1 Å². The second kappa shape index (κ2) is 8.48. The minimum absolute atomic E-state index is 0.124. The van der Waals surface area contributed by atoms with Crippen LogP contribution in [0.5, 0.6) is 11.5 Å². The van der Waals surface area contributed by atoms with Crippen LogP contribution in [0.4, 0.5) is 5.69 Å². The molecule has 146 valence electrons. The Labute approximate surface area is 168 Å². The third-order valence-electron chi connectivity index (χ3n) is 4.47. The Bertz CT molecular complexity index is 1030. The number of anilines is 1. The van der Waals surface area contributed by atoms with E-state index in [0.29, 0.717) is 29.2 Å². The summed E-state index contributed by atoms with van der Waals surface area (Å²) in [4.78, 5) is 24.5. The summed E-state index contributed by atoms with van der Waals surface area (Å²) in [6.45, 7) is -0.258. The van der Waals surface area contributed by atoms with E-state index < -0.39 is 11.9 Å². The average Bonchev–Trinajstić information content (AvgIpc) is 3.22. The first-order chi connectivity index (χ1) is 14.2. The van der Waals surface area contributed by atoms with Crippen molar-refractivity contribution < 1.29 is 23.8 Å². The van der Waals surface area contributed by atoms with Crippen LogP contribution in [0.1, 0.15) is 21.5 Å². The molecule has 0 spiro atoms. The van der Waals surface area contributed by atoms with Gasteiger partial charge in [-0.15, -0.1) is 0 Å². The number of rotatable bonds is 6. The Morgan fingerprint density at radius 3 is 2.52 bits per heavy atom. The number of amides is 1. The molecule has 1 N–H and O–H groups in total. The number of hydrogen-bond acceptors (Lipinski definition) is 5. The molecular formula is C23H19NO5. The van der Waals surface area contributed by atoms with E-state index in [1.165, 1.54) is 6.07 Å². The second-order valence-corrected chi connectivity index (χ2v) is 6.51. The lowest BCUT2D eigenvalue weighted by Gasteiger charge is -2.11. The molecule has 0 fully saturated rings. The van der Waals surface area contributed by atoms with Crippen LogP contribution in [0.25, 0.3) is 0 Å². The van der Waals surface area contributed by atoms with E-state index in [1.807, 2.05) is 54.6 Å². The maximum atomic E-state index is 12.3. The molecule has 1 amide bonds. The van der Waals surface area contributed by atoms with Crippen molar-refractivity contribution in [3.8, 4) is 11.5 Å². The van der Waals surface area contributed by atoms with Crippen LogP contribution in [-0.2, 0) is 16.0 Å². The summed E-state index contributed by atoms with van der Waals surface area (Å²) in [6.07, 6.45) is 0.689. The van der Waals surface area contributed by atoms with Crippen LogP contribution >= 0.6 is 0 Å². The Balaban J connectivity index is 1.36. The van der Waals surface area contributed by atoms with E-state index in [1.54, 1.807) is 12.1 Å². The fraction of sp³-hybridized carbons (Fsp3) is 0.130. The van der Waals surface area contributed by atoms with E-state index in [4.69, 9.17) is 14.2 Å². The van der Waals surface area contributed by atoms with Gasteiger partial charge in [0.05, 0.1) is 5.56 Å². The Morgan fingerprint density at radius 2 is 1.66 bits per heavy atom. The topological polar surface area (TPSA) is 73.9 Å². The van der Waals surface area contributed by atoms with E-state index in [9.17, 15) is 9.59 Å². The predicted molar refractivity (Wildman–Crippen MR) is 107 cm³/mol. The SMILES string of the molecule is O=C(COC(=O)c1ccc2c(c1)OCO2)Nc1ccccc1Cc1ccccc1. The van der Waals surface area contributed by atoms with Crippen molar-refractivity contribution in [1.82, 2.24) is 0 Å². The fourth-order valence-electron chi connectivity index (χ4n) is 3.04. The van der Waals surface area contributed by atoms with Gasteiger partial charge in [-0.2, -0.15) is 0 Å². The first kappa shape index (κ1) is 18.6. The summed E-state index contributed by atoms with van der Waals surface area (Å²) in [5.74, 6) is 0.0590. The second-order valence-electron chi connectivity index (χ2n) is 6.51. The van der Waals surface area contributed by atoms with Gasteiger partial charge < -0.3 is 19.5 Å². The van der Waals surface area contributed by atoms with Crippen LogP contribution in [0, 0.1) is 0 Å². The predicted octanol–water partition coefficient (Wildman–Crippen LogP) is 3.80. The van der Waals surface area contributed by atoms with E-state index in [0.717, 1.165) is 11.1 Å². The van der Waals surface area contributed by atoms with Gasteiger partial charge in [-0.05, 0) is 41.8 Å². The molecule has 3 aromatic carbocycles. The highest BCUT2D eigenvalue weighted by atomic mass is 16.7. The molecular weight excluding hydrogens is 370 g/mol. The van der Waals surface area contributed by atoms with Crippen molar-refractivity contribution in [2.75, 3.05) is 18.7 Å². The average molecular weight is 389 g/mol. The summed E-state index contributed by atoms with van der Waals surface area (Å²) in [6, 6.07) is 22.3. The molecule has 4 rings (SSSR count). The molecule has 6 nitrogen and oxygen atoms in total. The van der Waals surface area contributed by atoms with Gasteiger partial charge in [0.25, 0.3) is 5.91 Å². The zero-order valence-electron chi connectivity index (χ0n) is 15.6. The van der Waals surface area contributed by atoms with Gasteiger partial charge in [0, 0.05) is 5.69 Å². The molecule has 3 aromatic rings. The minimum atomic E-state index is -0.601. The number of nitrogens with one attached hydrogen (secondary N) is 1. The summed E-state index contributed by atoms with van der Waals surface area (Å²) in [5.41, 5.74) is 3.12. The number of benzene rings is 3. The summed E-state index contributed by atoms with van der Waals surface area (Å²) >= 11 is 0. The number of fused-ring (bicyclic) bond motifs is 1. The molecule has 1 aliphatic heterocycles. The molecule has 0 radical (unpaired) electrons. The van der Waals surface area contributed by atoms with Crippen LogP contribution in [-0.4, -0.2) is 25.3 Å². The van der Waals surface area contributed by atoms with Gasteiger partial charge >= 0.3 is 5.97 Å². The van der Waals surface area contributed by atoms with Crippen molar-refractivity contribution in [2.24, 2.45) is 0 Å². The van der Waals surface area contributed by atoms with Crippen molar-refractivity contribution in [3.63, 3.8) is 0 Å². The quantitative estimate of drug-likeness (QED) is 0.649. The standard InChI is InChI=1S/C23H19NO5/c25-22(14-27-23(26)18-10-11-20-21(13-18)29-15-28-20)24-19-9-5-4-8-17(19)12-16-6-2-1-3-7-16/h1-11,13H,12,14-15H2,(H,24,25). The lowest BCUT2D eigenvalue weighted by atomic mass is 10.0. The van der Waals surface area contributed by atoms with E-state index in [-0.39, 0.29) is 13.4 Å². The van der Waals surface area contributed by atoms with E-state index in [2.05, 4.69) is 5.32 Å². The van der Waals surface area contributed by atoms with Crippen molar-refractivity contribution in [3.05, 3.63) is 89.5 Å². The molecule has 0 atom stereocenters. The number of hydrogen-bond donors (Lipinski definition) is 1. The molecule has 0 saturated carbocycles. The molecule has 1 heterocycles. The lowest BCUT2D eigenvalue weighted by molar-refractivity contribution is -0.119. The third-order valence-corrected chi connectivity index (χ3v) is 4.47. The lowest BCUT2D eigenvalue weighted by Crippen LogP contribution is -2.21. The maximum Gasteiger partial charge on any atom is 0.338 e. The first-order valence-electron chi connectivity index (χ1n) is 9.17. The van der Waals surface area contributed by atoms with Crippen LogP contribution in [0.3, 0.4) is 0 Å². The van der Waals surface area contributed by atoms with Crippen molar-refractivity contribution in [1.29, 1.82) is 0 Å². The maximum absolute atomic E-state index is 12.3. The largest absolute Gasteiger partial charge is 0.454 e. The number of carbonyl (C=O) groups excluding carboxylic acids is 2. The highest BCUT2D eigenvalue weighted by Gasteiger charge is 2.18. The molecule has 0 saturated heterocycles. The molecule has 6 heteroatoms. The van der Waals surface area contributed by atoms with Crippen molar-refractivity contribution >= 4 is 17.6 Å². The summed E-state index contributed by atoms with van der Waals surface area (Å²) in [7, 11) is 0. The highest BCUT2D eigenvalue weighted by Crippen LogP contribution is 2.32. The van der Waals surface area contributed by atoms with E-state index >= 15 is 0 Å². The van der Waals surface area contributed by atoms with Gasteiger partial charge in [0.2, 0.25) is 6.79 Å². The molecule has 0 aromatic heterocycles. The molecule has 1 aliphatic rings. The zero-order chi connectivity index (χ0) is 20.1. The Morgan fingerprint density at radius 1 is 0.897 bits per heavy atom. The van der Waals surface area contributed by atoms with Gasteiger partial charge in [-0.1, -0.05) is 48.5 Å². The summed E-state index contributed by atoms with van der Waals surface area (Å²) in [5, 5.41) is 2.82. The first-order valence-corrected chi connectivity index (χ1v) is 9.17. The highest BCUT2D eigenvalue weighted by molar-refractivity contribution is 5.96. The number of esters is 1. The van der Waals surface area contributed by atoms with Gasteiger partial charge in [0.1, 0.15) is 0 Å². The van der Waals surface area contributed by atoms with Crippen molar-refractivity contribution in [2.45, 2.75) is 6.42 Å².